The first-order valence-corrected chi connectivity index (χ1v) is 12.6. The minimum Gasteiger partial charge on any atom is -0.313 e. The summed E-state index contributed by atoms with van der Waals surface area (Å²) in [6, 6.07) is 8.13. The Bertz CT molecular complexity index is 781. The molecule has 1 N–H and O–H groups in total. The molecule has 0 fully saturated rings. The summed E-state index contributed by atoms with van der Waals surface area (Å²) < 4.78 is 1.92. The predicted octanol–water partition coefficient (Wildman–Crippen LogP) is 3.34. The second-order valence-corrected chi connectivity index (χ2v) is 13.5. The van der Waals surface area contributed by atoms with E-state index in [1.54, 1.807) is 11.3 Å². The van der Waals surface area contributed by atoms with E-state index in [1.165, 1.54) is 28.6 Å². The van der Waals surface area contributed by atoms with Crippen molar-refractivity contribution in [3.8, 4) is 0 Å². The molecule has 0 unspecified atom stereocenters. The molecule has 23 heavy (non-hydrogen) atoms. The highest BCUT2D eigenvalue weighted by Gasteiger charge is 2.20. The molecule has 122 valence electrons. The quantitative estimate of drug-likeness (QED) is 0.671. The number of aryl methyl sites for hydroxylation is 1. The number of rotatable bonds is 4. The summed E-state index contributed by atoms with van der Waals surface area (Å²) in [5.41, 5.74) is 1.98. The van der Waals surface area contributed by atoms with Crippen LogP contribution in [0.4, 0.5) is 0 Å². The molecule has 1 aliphatic carbocycles. The van der Waals surface area contributed by atoms with E-state index in [4.69, 9.17) is 5.41 Å². The van der Waals surface area contributed by atoms with Gasteiger partial charge in [0.1, 0.15) is 0 Å². The Morgan fingerprint density at radius 1 is 1.17 bits per heavy atom. The summed E-state index contributed by atoms with van der Waals surface area (Å²) in [6.07, 6.45) is 4.45. The van der Waals surface area contributed by atoms with E-state index in [-0.39, 0.29) is 5.78 Å². The summed E-state index contributed by atoms with van der Waals surface area (Å²) in [4.78, 5) is 14.4. The zero-order valence-electron chi connectivity index (χ0n) is 14.1. The van der Waals surface area contributed by atoms with Crippen LogP contribution in [0, 0.1) is 5.41 Å². The Kier molecular flexibility index (Phi) is 4.42. The van der Waals surface area contributed by atoms with Crippen LogP contribution in [0.5, 0.6) is 0 Å². The number of ketones is 1. The van der Waals surface area contributed by atoms with Gasteiger partial charge in [0.25, 0.3) is 0 Å². The van der Waals surface area contributed by atoms with Gasteiger partial charge in [-0.05, 0) is 25.7 Å². The molecule has 5 heteroatoms. The van der Waals surface area contributed by atoms with Gasteiger partial charge in [-0.2, -0.15) is 0 Å². The lowest BCUT2D eigenvalue weighted by atomic mass is 10.0. The molecule has 1 aliphatic rings. The van der Waals surface area contributed by atoms with Crippen LogP contribution in [0.3, 0.4) is 0 Å². The number of nitrogens with one attached hydrogen (secondary N) is 1. The number of aromatic nitrogens is 1. The molecule has 0 radical (unpaired) electrons. The van der Waals surface area contributed by atoms with Gasteiger partial charge in [-0.15, -0.1) is 11.3 Å². The average Bonchev–Trinajstić information content (AvgIpc) is 2.82. The Hall–Kier alpha value is -1.46. The summed E-state index contributed by atoms with van der Waals surface area (Å²) in [5, 5.41) is 9.54. The zero-order chi connectivity index (χ0) is 16.6. The monoisotopic (exact) mass is 344 g/mol. The molecule has 1 aromatic carbocycles. The summed E-state index contributed by atoms with van der Waals surface area (Å²) in [6.45, 7) is 7.23. The predicted molar refractivity (Wildman–Crippen MR) is 98.6 cm³/mol. The second-order valence-electron chi connectivity index (χ2n) is 7.32. The first-order chi connectivity index (χ1) is 10.9. The minimum atomic E-state index is -1.33. The lowest BCUT2D eigenvalue weighted by molar-refractivity contribution is 0.0969. The molecule has 0 saturated carbocycles. The van der Waals surface area contributed by atoms with E-state index in [0.717, 1.165) is 18.4 Å². The van der Waals surface area contributed by atoms with E-state index in [9.17, 15) is 4.79 Å². The van der Waals surface area contributed by atoms with Crippen LogP contribution in [0.25, 0.3) is 0 Å². The molecule has 0 amide bonds. The van der Waals surface area contributed by atoms with Crippen LogP contribution in [-0.4, -0.2) is 18.4 Å². The van der Waals surface area contributed by atoms with Crippen LogP contribution in [0.2, 0.25) is 19.6 Å². The molecular weight excluding hydrogens is 320 g/mol. The van der Waals surface area contributed by atoms with Crippen LogP contribution in [-0.2, 0) is 19.4 Å². The SMILES string of the molecule is C[Si](C)(C)c1ccc(C(=O)Cn2c3c(sc2=N)CCCC3)cc1. The first kappa shape index (κ1) is 16.4. The molecule has 2 aromatic rings. The van der Waals surface area contributed by atoms with Gasteiger partial charge in [0.2, 0.25) is 0 Å². The maximum atomic E-state index is 12.6. The van der Waals surface area contributed by atoms with Crippen molar-refractivity contribution in [2.45, 2.75) is 51.9 Å². The normalized spacial score (nSPS) is 14.6. The van der Waals surface area contributed by atoms with Crippen LogP contribution < -0.4 is 9.99 Å². The van der Waals surface area contributed by atoms with E-state index >= 15 is 0 Å². The minimum absolute atomic E-state index is 0.108. The van der Waals surface area contributed by atoms with Crippen molar-refractivity contribution in [2.24, 2.45) is 0 Å². The van der Waals surface area contributed by atoms with Crippen LogP contribution >= 0.6 is 11.3 Å². The number of thiazole rings is 1. The highest BCUT2D eigenvalue weighted by molar-refractivity contribution is 7.09. The molecule has 1 heterocycles. The average molecular weight is 345 g/mol. The summed E-state index contributed by atoms with van der Waals surface area (Å²) in [5.74, 6) is 0.108. The van der Waals surface area contributed by atoms with E-state index in [2.05, 4.69) is 31.8 Å². The number of hydrogen-bond acceptors (Lipinski definition) is 3. The second kappa shape index (κ2) is 6.21. The van der Waals surface area contributed by atoms with Gasteiger partial charge in [-0.3, -0.25) is 10.2 Å². The van der Waals surface area contributed by atoms with Crippen LogP contribution in [0.15, 0.2) is 24.3 Å². The van der Waals surface area contributed by atoms with Gasteiger partial charge in [0, 0.05) is 16.1 Å². The highest BCUT2D eigenvalue weighted by Crippen LogP contribution is 2.23. The number of hydrogen-bond donors (Lipinski definition) is 1. The summed E-state index contributed by atoms with van der Waals surface area (Å²) >= 11 is 1.54. The maximum absolute atomic E-state index is 12.6. The molecule has 1 aromatic heterocycles. The topological polar surface area (TPSA) is 45.9 Å². The van der Waals surface area contributed by atoms with Gasteiger partial charge in [0.15, 0.2) is 10.6 Å². The Morgan fingerprint density at radius 3 is 2.48 bits per heavy atom. The third-order valence-corrected chi connectivity index (χ3v) is 7.72. The van der Waals surface area contributed by atoms with Crippen LogP contribution in [0.1, 0.15) is 33.8 Å². The van der Waals surface area contributed by atoms with Gasteiger partial charge < -0.3 is 4.57 Å². The third kappa shape index (κ3) is 3.40. The first-order valence-electron chi connectivity index (χ1n) is 8.26. The third-order valence-electron chi connectivity index (χ3n) is 4.55. The van der Waals surface area contributed by atoms with Crippen molar-refractivity contribution in [1.82, 2.24) is 4.57 Å². The van der Waals surface area contributed by atoms with Gasteiger partial charge in [-0.1, -0.05) is 49.1 Å². The van der Waals surface area contributed by atoms with Crippen molar-refractivity contribution >= 4 is 30.4 Å². The largest absolute Gasteiger partial charge is 0.313 e. The van der Waals surface area contributed by atoms with Crippen molar-refractivity contribution < 1.29 is 4.79 Å². The molecule has 3 nitrogen and oxygen atoms in total. The summed E-state index contributed by atoms with van der Waals surface area (Å²) in [7, 11) is -1.33. The molecule has 0 atom stereocenters. The molecule has 0 spiro atoms. The number of carbonyl (C=O) groups excluding carboxylic acids is 1. The number of nitrogens with zero attached hydrogens (tertiary/aromatic N) is 1. The lowest BCUT2D eigenvalue weighted by Gasteiger charge is -2.17. The standard InChI is InChI=1S/C18H24N2OSSi/c1-23(2,3)14-10-8-13(9-11-14)16(21)12-20-15-6-4-5-7-17(15)22-18(20)19/h8-11,19H,4-7,12H2,1-3H3. The molecule has 0 bridgehead atoms. The number of carbonyl (C=O) groups is 1. The van der Waals surface area contributed by atoms with E-state index in [0.29, 0.717) is 11.3 Å². The molecule has 0 aliphatic heterocycles. The molecule has 0 saturated heterocycles. The highest BCUT2D eigenvalue weighted by atomic mass is 32.1. The Morgan fingerprint density at radius 2 is 1.83 bits per heavy atom. The van der Waals surface area contributed by atoms with Crippen molar-refractivity contribution in [3.05, 3.63) is 45.2 Å². The van der Waals surface area contributed by atoms with Crippen molar-refractivity contribution in [2.75, 3.05) is 0 Å². The number of benzene rings is 1. The Labute approximate surface area is 142 Å². The smallest absolute Gasteiger partial charge is 0.182 e. The van der Waals surface area contributed by atoms with Gasteiger partial charge in [-0.25, -0.2) is 0 Å². The molecular formula is C18H24N2OSSi. The lowest BCUT2D eigenvalue weighted by Crippen LogP contribution is -2.37. The Balaban J connectivity index is 1.83. The van der Waals surface area contributed by atoms with Gasteiger partial charge >= 0.3 is 0 Å². The number of fused-ring (bicyclic) bond motifs is 1. The fourth-order valence-corrected chi connectivity index (χ4v) is 5.37. The van der Waals surface area contributed by atoms with Crippen molar-refractivity contribution in [1.29, 1.82) is 5.41 Å². The van der Waals surface area contributed by atoms with E-state index in [1.807, 2.05) is 16.7 Å². The van der Waals surface area contributed by atoms with E-state index < -0.39 is 8.07 Å². The number of Topliss-reactive ketones (excluding diaryl/α,β-unsaturated/α-hetero) is 1. The van der Waals surface area contributed by atoms with Gasteiger partial charge in [0.05, 0.1) is 14.6 Å². The maximum Gasteiger partial charge on any atom is 0.182 e. The fourth-order valence-electron chi connectivity index (χ4n) is 3.11. The fraction of sp³-hybridized carbons (Fsp3) is 0.444. The van der Waals surface area contributed by atoms with Crippen molar-refractivity contribution in [3.63, 3.8) is 0 Å². The zero-order valence-corrected chi connectivity index (χ0v) is 15.9. The molecule has 3 rings (SSSR count).